The summed E-state index contributed by atoms with van der Waals surface area (Å²) in [6.45, 7) is 15.5. The Bertz CT molecular complexity index is 5080. The maximum absolute atomic E-state index is 13.0. The van der Waals surface area contributed by atoms with Crippen LogP contribution in [0.25, 0.3) is 11.1 Å². The second-order valence-electron chi connectivity index (χ2n) is 30.7. The third-order valence-corrected chi connectivity index (χ3v) is 21.7. The fourth-order valence-electron chi connectivity index (χ4n) is 14.3. The molecule has 0 amide bonds. The van der Waals surface area contributed by atoms with Crippen LogP contribution in [0.5, 0.6) is 40.2 Å². The van der Waals surface area contributed by atoms with Gasteiger partial charge in [-0.1, -0.05) is 129 Å². The number of ether oxygens (including phenoxy) is 13. The fourth-order valence-corrected chi connectivity index (χ4v) is 14.3. The Balaban J connectivity index is 0.000000194. The zero-order valence-electron chi connectivity index (χ0n) is 71.8. The lowest BCUT2D eigenvalue weighted by molar-refractivity contribution is -0.155. The highest BCUT2D eigenvalue weighted by molar-refractivity contribution is 5.90. The molecule has 8 aromatic carbocycles. The average molecular weight is 1770 g/mol. The summed E-state index contributed by atoms with van der Waals surface area (Å²) in [5.41, 5.74) is 5.26. The van der Waals surface area contributed by atoms with Gasteiger partial charge in [0.25, 0.3) is 0 Å². The van der Waals surface area contributed by atoms with Gasteiger partial charge in [0.1, 0.15) is 72.5 Å². The minimum atomic E-state index is -0.595. The van der Waals surface area contributed by atoms with Crippen molar-refractivity contribution < 1.29 is 128 Å². The highest BCUT2D eigenvalue weighted by Crippen LogP contribution is 2.37. The number of benzene rings is 8. The average Bonchev–Trinajstić information content (AvgIpc) is 0.857. The maximum atomic E-state index is 13.0. The van der Waals surface area contributed by atoms with Crippen molar-refractivity contribution in [1.82, 2.24) is 0 Å². The van der Waals surface area contributed by atoms with E-state index in [1.54, 1.807) is 66.7 Å². The quantitative estimate of drug-likeness (QED) is 0.0121. The van der Waals surface area contributed by atoms with Gasteiger partial charge in [0, 0.05) is 37.1 Å². The topological polar surface area (TPSA) is 342 Å². The Hall–Kier alpha value is -14.2. The van der Waals surface area contributed by atoms with Crippen molar-refractivity contribution in [1.29, 1.82) is 0 Å². The smallest absolute Gasteiger partial charge is 0.338 e. The minimum absolute atomic E-state index is 0.00132. The Morgan fingerprint density at radius 1 is 0.271 bits per heavy atom. The van der Waals surface area contributed by atoms with Crippen molar-refractivity contribution in [3.05, 3.63) is 285 Å². The van der Waals surface area contributed by atoms with Crippen LogP contribution in [-0.2, 0) is 98.8 Å². The summed E-state index contributed by atoms with van der Waals surface area (Å²) in [6, 6.07) is 59.2. The van der Waals surface area contributed by atoms with Crippen LogP contribution in [0.1, 0.15) is 130 Å². The van der Waals surface area contributed by atoms with Gasteiger partial charge in [-0.05, 0) is 241 Å². The molecule has 12 rings (SSSR count). The number of rotatable bonds is 33. The molecular weight excluding hydrogens is 1660 g/mol. The Morgan fingerprint density at radius 3 is 0.868 bits per heavy atom. The second kappa shape index (κ2) is 52.6. The van der Waals surface area contributed by atoms with Crippen LogP contribution in [0.2, 0.25) is 0 Å². The van der Waals surface area contributed by atoms with Gasteiger partial charge in [-0.25, -0.2) is 28.4 Å². The number of para-hydroxylation sites is 2. The molecule has 0 radical (unpaired) electrons. The van der Waals surface area contributed by atoms with E-state index < -0.39 is 35.7 Å². The summed E-state index contributed by atoms with van der Waals surface area (Å²) in [4.78, 5) is 155. The van der Waals surface area contributed by atoms with E-state index in [0.29, 0.717) is 156 Å². The number of carbonyl (C=O) groups is 13. The lowest BCUT2D eigenvalue weighted by Gasteiger charge is -2.26. The van der Waals surface area contributed by atoms with Crippen molar-refractivity contribution in [3.63, 3.8) is 0 Å². The molecule has 0 N–H and O–H groups in total. The molecule has 0 bridgehead atoms. The van der Waals surface area contributed by atoms with Gasteiger partial charge in [-0.3, -0.25) is 38.4 Å². The summed E-state index contributed by atoms with van der Waals surface area (Å²) >= 11 is 0. The standard InChI is InChI=1S/C26H26O8.C26H28O6.C25H25FO6.C25H26O6/c1-2-23(27)31-16-17-32-24(28)18-12-14-22(15-13-18)34-26(30)20-10-8-19(9-11-20)25(29)33-21-6-4-3-5-7-21;1-3-24(27)30-17-16-19-8-14-22(15-9-19)31-25(28)20-10-12-21(13-11-20)26(29)32-23-7-5-4-6-18(23)2;1-2-23(27)30-16-15-17-3-11-21(12-4-17)31-24(28)18-5-7-19(8-6-18)25(29)32-22-13-9-20(26)10-14-22;1-2-23(26)29-16-17-30-24(27)20-8-10-21(11-9-20)25(28)31-22-14-12-19(13-15-22)18-6-4-3-5-7-18/h2-7,12-15,19-20H,1,8-11,16-17H2;3-9,14-15,20-21H,1,10-13,16-17H2,2H3;2-4,9-14,18-19H,1,5-8,15-16H2;2-7,12-15,20-21H,1,8-11,16-17H2. The molecule has 0 atom stereocenters. The van der Waals surface area contributed by atoms with Gasteiger partial charge in [-0.15, -0.1) is 0 Å². The first-order valence-corrected chi connectivity index (χ1v) is 42.7. The Morgan fingerprint density at radius 2 is 0.527 bits per heavy atom. The predicted molar refractivity (Wildman–Crippen MR) is 470 cm³/mol. The lowest BCUT2D eigenvalue weighted by atomic mass is 9.82. The highest BCUT2D eigenvalue weighted by Gasteiger charge is 2.37. The molecule has 0 heterocycles. The van der Waals surface area contributed by atoms with Crippen LogP contribution < -0.4 is 33.2 Å². The Kier molecular flexibility index (Phi) is 40.2. The molecule has 129 heavy (non-hydrogen) atoms. The van der Waals surface area contributed by atoms with E-state index in [-0.39, 0.29) is 140 Å². The van der Waals surface area contributed by atoms with E-state index in [2.05, 4.69) is 26.3 Å². The van der Waals surface area contributed by atoms with E-state index in [1.807, 2.05) is 97.9 Å². The summed E-state index contributed by atoms with van der Waals surface area (Å²) in [6.07, 6.45) is 14.4. The number of aryl methyl sites for hydroxylation is 1. The van der Waals surface area contributed by atoms with Crippen molar-refractivity contribution in [3.8, 4) is 51.4 Å². The van der Waals surface area contributed by atoms with Crippen molar-refractivity contribution in [2.45, 2.75) is 122 Å². The van der Waals surface area contributed by atoms with Gasteiger partial charge in [0.2, 0.25) is 0 Å². The van der Waals surface area contributed by atoms with Crippen LogP contribution in [0.4, 0.5) is 4.39 Å². The molecule has 0 aromatic heterocycles. The monoisotopic (exact) mass is 1760 g/mol. The van der Waals surface area contributed by atoms with Crippen LogP contribution >= 0.6 is 0 Å². The van der Waals surface area contributed by atoms with Crippen molar-refractivity contribution in [2.75, 3.05) is 39.6 Å². The molecule has 0 unspecified atom stereocenters. The highest BCUT2D eigenvalue weighted by atomic mass is 19.1. The molecule has 0 spiro atoms. The van der Waals surface area contributed by atoms with Crippen LogP contribution in [0.15, 0.2) is 257 Å². The van der Waals surface area contributed by atoms with Gasteiger partial charge in [0.05, 0.1) is 66.1 Å². The predicted octanol–water partition coefficient (Wildman–Crippen LogP) is 17.2. The number of esters is 13. The summed E-state index contributed by atoms with van der Waals surface area (Å²) in [5.74, 6) is -4.34. The molecular formula is C102H105FO26. The van der Waals surface area contributed by atoms with Crippen LogP contribution in [0.3, 0.4) is 0 Å². The van der Waals surface area contributed by atoms with Gasteiger partial charge in [0.15, 0.2) is 0 Å². The summed E-state index contributed by atoms with van der Waals surface area (Å²) < 4.78 is 80.8. The molecule has 676 valence electrons. The SMILES string of the molecule is C=CC(=O)OCCOC(=O)C1CCC(C(=O)Oc2ccc(-c3ccccc3)cc2)CC1.C=CC(=O)OCCOC(=O)c1ccc(OC(=O)C2CCC(C(=O)Oc3ccccc3)CC2)cc1.C=CC(=O)OCCc1ccc(OC(=O)C2CCC(C(=O)Oc3ccc(F)cc3)CC2)cc1.C=CC(=O)OCCc1ccc(OC(=O)C2CCC(C(=O)Oc3ccccc3C)CC2)cc1. The van der Waals surface area contributed by atoms with Gasteiger partial charge in [-0.2, -0.15) is 0 Å². The van der Waals surface area contributed by atoms with Gasteiger partial charge < -0.3 is 61.6 Å². The third kappa shape index (κ3) is 33.9. The number of hydrogen-bond acceptors (Lipinski definition) is 26. The van der Waals surface area contributed by atoms with E-state index in [4.69, 9.17) is 61.6 Å². The van der Waals surface area contributed by atoms with E-state index in [1.165, 1.54) is 48.5 Å². The van der Waals surface area contributed by atoms with Gasteiger partial charge >= 0.3 is 77.6 Å². The fraction of sp³-hybridized carbons (Fsp3) is 0.324. The third-order valence-electron chi connectivity index (χ3n) is 21.7. The Labute approximate surface area is 748 Å². The normalized spacial score (nSPS) is 17.7. The maximum Gasteiger partial charge on any atom is 0.338 e. The summed E-state index contributed by atoms with van der Waals surface area (Å²) in [7, 11) is 0. The first-order chi connectivity index (χ1) is 62.4. The molecule has 4 aliphatic rings. The molecule has 4 fully saturated rings. The molecule has 8 aromatic rings. The van der Waals surface area contributed by atoms with Crippen molar-refractivity contribution >= 4 is 77.6 Å². The zero-order valence-corrected chi connectivity index (χ0v) is 71.8. The van der Waals surface area contributed by atoms with Crippen LogP contribution in [0, 0.1) is 60.1 Å². The van der Waals surface area contributed by atoms with Crippen molar-refractivity contribution in [2.24, 2.45) is 47.3 Å². The molecule has 0 aliphatic heterocycles. The first kappa shape index (κ1) is 98.5. The second-order valence-corrected chi connectivity index (χ2v) is 30.7. The number of halogens is 1. The first-order valence-electron chi connectivity index (χ1n) is 42.7. The van der Waals surface area contributed by atoms with E-state index >= 15 is 0 Å². The van der Waals surface area contributed by atoms with E-state index in [0.717, 1.165) is 52.1 Å². The molecule has 4 saturated carbocycles. The zero-order chi connectivity index (χ0) is 92.2. The largest absolute Gasteiger partial charge is 0.462 e. The number of hydrogen-bond donors (Lipinski definition) is 0. The van der Waals surface area contributed by atoms with Crippen LogP contribution in [-0.4, -0.2) is 117 Å². The molecule has 4 aliphatic carbocycles. The summed E-state index contributed by atoms with van der Waals surface area (Å²) in [5, 5.41) is 0. The number of carbonyl (C=O) groups excluding carboxylic acids is 13. The molecule has 0 saturated heterocycles. The molecule has 26 nitrogen and oxygen atoms in total. The van der Waals surface area contributed by atoms with E-state index in [9.17, 15) is 66.7 Å². The minimum Gasteiger partial charge on any atom is -0.462 e. The lowest BCUT2D eigenvalue weighted by Crippen LogP contribution is -2.30. The molecule has 27 heteroatoms.